The Morgan fingerprint density at radius 3 is 2.70 bits per heavy atom. The normalized spacial score (nSPS) is 19.0. The van der Waals surface area contributed by atoms with Crippen LogP contribution in [0.4, 0.5) is 4.79 Å². The number of hydrogen-bond donors (Lipinski definition) is 1. The Hall–Kier alpha value is -2.49. The van der Waals surface area contributed by atoms with Crippen molar-refractivity contribution in [1.29, 1.82) is 0 Å². The zero-order valence-electron chi connectivity index (χ0n) is 13.4. The van der Waals surface area contributed by atoms with Crippen LogP contribution in [0.2, 0.25) is 0 Å². The van der Waals surface area contributed by atoms with Gasteiger partial charge >= 0.3 is 6.09 Å². The zero-order valence-corrected chi connectivity index (χ0v) is 13.4. The Labute approximate surface area is 136 Å². The van der Waals surface area contributed by atoms with Gasteiger partial charge in [0.2, 0.25) is 0 Å². The predicted molar refractivity (Wildman–Crippen MR) is 88.9 cm³/mol. The van der Waals surface area contributed by atoms with Crippen LogP contribution in [0.5, 0.6) is 5.75 Å². The summed E-state index contributed by atoms with van der Waals surface area (Å²) in [7, 11) is 1.67. The van der Waals surface area contributed by atoms with Gasteiger partial charge in [0.15, 0.2) is 0 Å². The highest BCUT2D eigenvalue weighted by atomic mass is 16.5. The highest BCUT2D eigenvalue weighted by Gasteiger charge is 2.35. The number of amides is 1. The first-order valence-electron chi connectivity index (χ1n) is 7.88. The fourth-order valence-corrected chi connectivity index (χ4v) is 3.28. The molecule has 0 aliphatic heterocycles. The molecule has 0 saturated heterocycles. The fourth-order valence-electron chi connectivity index (χ4n) is 3.28. The number of benzene rings is 2. The summed E-state index contributed by atoms with van der Waals surface area (Å²) in [6, 6.07) is 16.3. The average molecular weight is 311 g/mol. The van der Waals surface area contributed by atoms with Gasteiger partial charge in [-0.2, -0.15) is 0 Å². The van der Waals surface area contributed by atoms with Crippen LogP contribution in [0, 0.1) is 0 Å². The second-order valence-corrected chi connectivity index (χ2v) is 5.63. The number of methoxy groups -OCH3 is 1. The van der Waals surface area contributed by atoms with Crippen LogP contribution < -0.4 is 10.1 Å². The van der Waals surface area contributed by atoms with Crippen molar-refractivity contribution in [3.63, 3.8) is 0 Å². The minimum absolute atomic E-state index is 0.0152. The van der Waals surface area contributed by atoms with E-state index in [1.54, 1.807) is 7.11 Å². The molecule has 1 aliphatic carbocycles. The zero-order chi connectivity index (χ0) is 16.2. The van der Waals surface area contributed by atoms with Crippen molar-refractivity contribution in [3.05, 3.63) is 65.2 Å². The lowest BCUT2D eigenvalue weighted by molar-refractivity contribution is 0.147. The van der Waals surface area contributed by atoms with E-state index < -0.39 is 0 Å². The van der Waals surface area contributed by atoms with Gasteiger partial charge < -0.3 is 14.8 Å². The molecule has 1 aliphatic rings. The van der Waals surface area contributed by atoms with E-state index in [2.05, 4.69) is 29.6 Å². The summed E-state index contributed by atoms with van der Waals surface area (Å²) >= 11 is 0. The molecule has 0 saturated carbocycles. The minimum atomic E-state index is -0.363. The SMILES string of the molecule is CCOC(=O)N[C@@H]1Cc2ccc(OC)cc2[C@H]1c1ccccc1. The van der Waals surface area contributed by atoms with Gasteiger partial charge in [-0.15, -0.1) is 0 Å². The van der Waals surface area contributed by atoms with Crippen molar-refractivity contribution >= 4 is 6.09 Å². The average Bonchev–Trinajstić information content (AvgIpc) is 2.92. The summed E-state index contributed by atoms with van der Waals surface area (Å²) in [5.74, 6) is 0.937. The van der Waals surface area contributed by atoms with E-state index in [4.69, 9.17) is 9.47 Å². The fraction of sp³-hybridized carbons (Fsp3) is 0.316. The third-order valence-corrected chi connectivity index (χ3v) is 4.27. The number of carbonyl (C=O) groups excluding carboxylic acids is 1. The maximum absolute atomic E-state index is 11.9. The van der Waals surface area contributed by atoms with Gasteiger partial charge in [-0.05, 0) is 42.2 Å². The van der Waals surface area contributed by atoms with Gasteiger partial charge in [-0.25, -0.2) is 4.79 Å². The molecule has 3 rings (SSSR count). The summed E-state index contributed by atoms with van der Waals surface area (Å²) in [6.45, 7) is 2.18. The summed E-state index contributed by atoms with van der Waals surface area (Å²) in [5.41, 5.74) is 3.63. The predicted octanol–water partition coefficient (Wildman–Crippen LogP) is 3.50. The summed E-state index contributed by atoms with van der Waals surface area (Å²) in [4.78, 5) is 11.9. The molecule has 1 N–H and O–H groups in total. The molecule has 0 fully saturated rings. The number of hydrogen-bond acceptors (Lipinski definition) is 3. The Morgan fingerprint density at radius 1 is 1.22 bits per heavy atom. The first-order valence-corrected chi connectivity index (χ1v) is 7.88. The molecule has 2 atom stereocenters. The van der Waals surface area contributed by atoms with E-state index in [-0.39, 0.29) is 18.1 Å². The van der Waals surface area contributed by atoms with Gasteiger partial charge in [0.25, 0.3) is 0 Å². The number of fused-ring (bicyclic) bond motifs is 1. The number of ether oxygens (including phenoxy) is 2. The van der Waals surface area contributed by atoms with Crippen molar-refractivity contribution in [1.82, 2.24) is 5.32 Å². The molecule has 0 heterocycles. The minimum Gasteiger partial charge on any atom is -0.497 e. The van der Waals surface area contributed by atoms with Crippen LogP contribution in [0.3, 0.4) is 0 Å². The Bertz CT molecular complexity index is 684. The lowest BCUT2D eigenvalue weighted by atomic mass is 9.90. The van der Waals surface area contributed by atoms with E-state index in [1.807, 2.05) is 31.2 Å². The van der Waals surface area contributed by atoms with Crippen molar-refractivity contribution < 1.29 is 14.3 Å². The van der Waals surface area contributed by atoms with Crippen LogP contribution in [0.1, 0.15) is 29.5 Å². The number of carbonyl (C=O) groups is 1. The highest BCUT2D eigenvalue weighted by Crippen LogP contribution is 2.40. The Morgan fingerprint density at radius 2 is 2.00 bits per heavy atom. The molecule has 23 heavy (non-hydrogen) atoms. The van der Waals surface area contributed by atoms with E-state index >= 15 is 0 Å². The van der Waals surface area contributed by atoms with Crippen LogP contribution in [0.25, 0.3) is 0 Å². The molecule has 4 heteroatoms. The Balaban J connectivity index is 1.96. The first kappa shape index (κ1) is 15.4. The van der Waals surface area contributed by atoms with Gasteiger partial charge in [-0.1, -0.05) is 36.4 Å². The third-order valence-electron chi connectivity index (χ3n) is 4.27. The maximum Gasteiger partial charge on any atom is 0.407 e. The number of nitrogens with one attached hydrogen (secondary N) is 1. The third kappa shape index (κ3) is 3.16. The van der Waals surface area contributed by atoms with Crippen LogP contribution in [-0.4, -0.2) is 25.9 Å². The molecule has 0 radical (unpaired) electrons. The van der Waals surface area contributed by atoms with Crippen molar-refractivity contribution in [2.24, 2.45) is 0 Å². The molecule has 0 bridgehead atoms. The van der Waals surface area contributed by atoms with Gasteiger partial charge in [0.1, 0.15) is 5.75 Å². The molecule has 0 unspecified atom stereocenters. The van der Waals surface area contributed by atoms with Gasteiger partial charge in [-0.3, -0.25) is 0 Å². The molecular formula is C19H21NO3. The smallest absolute Gasteiger partial charge is 0.407 e. The second-order valence-electron chi connectivity index (χ2n) is 5.63. The van der Waals surface area contributed by atoms with Gasteiger partial charge in [0, 0.05) is 12.0 Å². The number of rotatable bonds is 4. The van der Waals surface area contributed by atoms with Crippen molar-refractivity contribution in [3.8, 4) is 5.75 Å². The van der Waals surface area contributed by atoms with Crippen molar-refractivity contribution in [2.75, 3.05) is 13.7 Å². The largest absolute Gasteiger partial charge is 0.497 e. The quantitative estimate of drug-likeness (QED) is 0.940. The molecule has 1 amide bonds. The maximum atomic E-state index is 11.9. The summed E-state index contributed by atoms with van der Waals surface area (Å²) < 4.78 is 10.4. The molecule has 0 spiro atoms. The van der Waals surface area contributed by atoms with E-state index in [1.165, 1.54) is 16.7 Å². The lowest BCUT2D eigenvalue weighted by Gasteiger charge is -2.22. The highest BCUT2D eigenvalue weighted by molar-refractivity contribution is 5.68. The van der Waals surface area contributed by atoms with E-state index in [0.29, 0.717) is 6.61 Å². The van der Waals surface area contributed by atoms with Crippen LogP contribution >= 0.6 is 0 Å². The monoisotopic (exact) mass is 311 g/mol. The van der Waals surface area contributed by atoms with Gasteiger partial charge in [0.05, 0.1) is 13.7 Å². The summed E-state index contributed by atoms with van der Waals surface area (Å²) in [6.07, 6.45) is 0.427. The van der Waals surface area contributed by atoms with E-state index in [0.717, 1.165) is 12.2 Å². The molecule has 0 aromatic heterocycles. The molecule has 4 nitrogen and oxygen atoms in total. The second kappa shape index (κ2) is 6.73. The van der Waals surface area contributed by atoms with Crippen molar-refractivity contribution in [2.45, 2.75) is 25.3 Å². The molecular weight excluding hydrogens is 290 g/mol. The standard InChI is InChI=1S/C19H21NO3/c1-3-23-19(21)20-17-11-14-9-10-15(22-2)12-16(14)18(17)13-7-5-4-6-8-13/h4-10,12,17-18H,3,11H2,1-2H3,(H,20,21)/t17-,18-/m1/s1. The Kier molecular flexibility index (Phi) is 4.51. The van der Waals surface area contributed by atoms with E-state index in [9.17, 15) is 4.79 Å². The topological polar surface area (TPSA) is 47.6 Å². The van der Waals surface area contributed by atoms with Crippen LogP contribution in [0.15, 0.2) is 48.5 Å². The number of alkyl carbamates (subject to hydrolysis) is 1. The molecule has 2 aromatic rings. The van der Waals surface area contributed by atoms with Crippen LogP contribution in [-0.2, 0) is 11.2 Å². The molecule has 120 valence electrons. The molecule has 2 aromatic carbocycles. The summed E-state index contributed by atoms with van der Waals surface area (Å²) in [5, 5.41) is 3.01. The lowest BCUT2D eigenvalue weighted by Crippen LogP contribution is -2.38. The first-order chi connectivity index (χ1) is 11.2.